The number of carbonyl (C=O) groups is 2. The van der Waals surface area contributed by atoms with Crippen molar-refractivity contribution in [2.75, 3.05) is 29.9 Å². The minimum absolute atomic E-state index is 0.200. The lowest BCUT2D eigenvalue weighted by Crippen LogP contribution is -2.58. The van der Waals surface area contributed by atoms with Crippen LogP contribution in [-0.2, 0) is 4.79 Å². The molecule has 1 aromatic carbocycles. The summed E-state index contributed by atoms with van der Waals surface area (Å²) in [5.41, 5.74) is 2.37. The second kappa shape index (κ2) is 10.0. The maximum Gasteiger partial charge on any atom is 0.328 e. The Kier molecular flexibility index (Phi) is 6.91. The number of benzene rings is 1. The molecule has 5 fully saturated rings. The number of hydrogen-bond donors (Lipinski definition) is 3. The normalized spacial score (nSPS) is 30.5. The Hall–Kier alpha value is -2.08. The summed E-state index contributed by atoms with van der Waals surface area (Å²) in [4.78, 5) is 25.0. The highest BCUT2D eigenvalue weighted by Gasteiger charge is 2.50. The Morgan fingerprint density at radius 3 is 2.27 bits per heavy atom. The van der Waals surface area contributed by atoms with E-state index < -0.39 is 0 Å². The van der Waals surface area contributed by atoms with Crippen LogP contribution in [0.2, 0.25) is 0 Å². The predicted molar refractivity (Wildman–Crippen MR) is 132 cm³/mol. The molecular weight excluding hydrogens is 412 g/mol. The molecule has 0 spiro atoms. The summed E-state index contributed by atoms with van der Waals surface area (Å²) in [7, 11) is 0. The van der Waals surface area contributed by atoms with E-state index in [0.717, 1.165) is 42.1 Å². The second-order valence-corrected chi connectivity index (χ2v) is 11.1. The van der Waals surface area contributed by atoms with Gasteiger partial charge in [0.15, 0.2) is 0 Å². The van der Waals surface area contributed by atoms with Gasteiger partial charge in [0, 0.05) is 36.4 Å². The van der Waals surface area contributed by atoms with Gasteiger partial charge in [-0.2, -0.15) is 0 Å². The van der Waals surface area contributed by atoms with Gasteiger partial charge in [-0.1, -0.05) is 25.3 Å². The molecule has 1 saturated heterocycles. The smallest absolute Gasteiger partial charge is 0.328 e. The molecule has 1 aliphatic heterocycles. The predicted octanol–water partition coefficient (Wildman–Crippen LogP) is 5.05. The van der Waals surface area contributed by atoms with Gasteiger partial charge >= 0.3 is 6.03 Å². The molecule has 5 aliphatic rings. The first-order chi connectivity index (χ1) is 16.1. The van der Waals surface area contributed by atoms with Gasteiger partial charge in [-0.3, -0.25) is 15.0 Å². The third-order valence-corrected chi connectivity index (χ3v) is 8.43. The lowest BCUT2D eigenvalue weighted by molar-refractivity contribution is -0.120. The monoisotopic (exact) mass is 452 g/mol. The molecule has 180 valence electrons. The molecule has 6 rings (SSSR count). The molecule has 6 heteroatoms. The highest BCUT2D eigenvalue weighted by molar-refractivity contribution is 6.05. The van der Waals surface area contributed by atoms with Crippen LogP contribution in [0.4, 0.5) is 16.2 Å². The number of nitrogens with one attached hydrogen (secondary N) is 3. The fourth-order valence-corrected chi connectivity index (χ4v) is 7.29. The van der Waals surface area contributed by atoms with Crippen LogP contribution in [0.5, 0.6) is 0 Å². The fraction of sp³-hybridized carbons (Fsp3) is 0.704. The van der Waals surface area contributed by atoms with Crippen LogP contribution < -0.4 is 20.9 Å². The van der Waals surface area contributed by atoms with E-state index >= 15 is 0 Å². The highest BCUT2D eigenvalue weighted by atomic mass is 16.2. The molecule has 0 aromatic heterocycles. The molecule has 0 unspecified atom stereocenters. The van der Waals surface area contributed by atoms with Crippen molar-refractivity contribution in [2.24, 2.45) is 17.8 Å². The number of rotatable bonds is 11. The van der Waals surface area contributed by atoms with Crippen LogP contribution in [-0.4, -0.2) is 37.1 Å². The highest BCUT2D eigenvalue weighted by Crippen LogP contribution is 2.55. The van der Waals surface area contributed by atoms with Crippen molar-refractivity contribution < 1.29 is 9.59 Å². The van der Waals surface area contributed by atoms with Crippen molar-refractivity contribution in [1.29, 1.82) is 0 Å². The van der Waals surface area contributed by atoms with Gasteiger partial charge in [-0.05, 0) is 93.9 Å². The maximum absolute atomic E-state index is 12.1. The first kappa shape index (κ1) is 22.7. The van der Waals surface area contributed by atoms with Crippen LogP contribution >= 0.6 is 0 Å². The summed E-state index contributed by atoms with van der Waals surface area (Å²) in [6.07, 6.45) is 15.6. The Morgan fingerprint density at radius 1 is 0.909 bits per heavy atom. The third-order valence-electron chi connectivity index (χ3n) is 8.43. The molecule has 1 aromatic rings. The lowest BCUT2D eigenvalue weighted by atomic mass is 9.53. The van der Waals surface area contributed by atoms with E-state index in [1.165, 1.54) is 70.8 Å². The largest absolute Gasteiger partial charge is 0.385 e. The molecular formula is C27H40N4O2. The second-order valence-electron chi connectivity index (χ2n) is 11.1. The average Bonchev–Trinajstić information content (AvgIpc) is 2.77. The van der Waals surface area contributed by atoms with Crippen LogP contribution in [0.25, 0.3) is 0 Å². The van der Waals surface area contributed by atoms with Gasteiger partial charge in [0.05, 0.1) is 0 Å². The SMILES string of the molecule is O=C1CCN(c2cccc(NCCCCCCCNC34CC5CC(CC(C5)C3)C4)c2)C(=O)N1. The zero-order valence-electron chi connectivity index (χ0n) is 19.9. The van der Waals surface area contributed by atoms with Crippen LogP contribution in [0.15, 0.2) is 24.3 Å². The standard InChI is InChI=1S/C27H40N4O2/c32-25-9-12-31(26(33)30-25)24-8-6-7-23(16-24)28-10-4-2-1-3-5-11-29-27-17-20-13-21(18-27)15-22(14-20)19-27/h6-8,16,20-22,28-29H,1-5,9-15,17-19H2,(H,30,32,33). The van der Waals surface area contributed by atoms with Crippen molar-refractivity contribution in [1.82, 2.24) is 10.6 Å². The van der Waals surface area contributed by atoms with Crippen molar-refractivity contribution in [2.45, 2.75) is 82.6 Å². The van der Waals surface area contributed by atoms with Gasteiger partial charge in [-0.15, -0.1) is 0 Å². The summed E-state index contributed by atoms with van der Waals surface area (Å²) in [6, 6.07) is 7.56. The molecule has 0 atom stereocenters. The molecule has 3 amide bonds. The lowest BCUT2D eigenvalue weighted by Gasteiger charge is -2.57. The van der Waals surface area contributed by atoms with Crippen LogP contribution in [0, 0.1) is 17.8 Å². The average molecular weight is 453 g/mol. The summed E-state index contributed by atoms with van der Waals surface area (Å²) < 4.78 is 0. The summed E-state index contributed by atoms with van der Waals surface area (Å²) in [6.45, 7) is 2.58. The first-order valence-corrected chi connectivity index (χ1v) is 13.3. The van der Waals surface area contributed by atoms with Crippen molar-refractivity contribution in [3.8, 4) is 0 Å². The molecule has 3 N–H and O–H groups in total. The van der Waals surface area contributed by atoms with E-state index in [1.54, 1.807) is 4.90 Å². The Balaban J connectivity index is 0.943. The van der Waals surface area contributed by atoms with E-state index in [9.17, 15) is 9.59 Å². The minimum Gasteiger partial charge on any atom is -0.385 e. The quantitative estimate of drug-likeness (QED) is 0.411. The molecule has 1 heterocycles. The van der Waals surface area contributed by atoms with Crippen LogP contribution in [0.3, 0.4) is 0 Å². The molecule has 4 bridgehead atoms. The fourth-order valence-electron chi connectivity index (χ4n) is 7.29. The van der Waals surface area contributed by atoms with E-state index in [2.05, 4.69) is 16.0 Å². The maximum atomic E-state index is 12.1. The van der Waals surface area contributed by atoms with Crippen molar-refractivity contribution in [3.63, 3.8) is 0 Å². The van der Waals surface area contributed by atoms with Crippen LogP contribution in [0.1, 0.15) is 77.0 Å². The number of imide groups is 1. The number of urea groups is 1. The summed E-state index contributed by atoms with van der Waals surface area (Å²) in [5.74, 6) is 2.88. The van der Waals surface area contributed by atoms with Crippen molar-refractivity contribution in [3.05, 3.63) is 24.3 Å². The van der Waals surface area contributed by atoms with E-state index in [4.69, 9.17) is 0 Å². The number of nitrogens with zero attached hydrogens (tertiary/aromatic N) is 1. The molecule has 4 aliphatic carbocycles. The third kappa shape index (κ3) is 5.53. The number of unbranched alkanes of at least 4 members (excludes halogenated alkanes) is 4. The Morgan fingerprint density at radius 2 is 1.58 bits per heavy atom. The first-order valence-electron chi connectivity index (χ1n) is 13.3. The molecule has 0 radical (unpaired) electrons. The summed E-state index contributed by atoms with van der Waals surface area (Å²) in [5, 5.41) is 9.90. The van der Waals surface area contributed by atoms with Gasteiger partial charge in [0.2, 0.25) is 5.91 Å². The van der Waals surface area contributed by atoms with Crippen molar-refractivity contribution >= 4 is 23.3 Å². The van der Waals surface area contributed by atoms with Gasteiger partial charge in [0.1, 0.15) is 0 Å². The van der Waals surface area contributed by atoms with Gasteiger partial charge < -0.3 is 10.6 Å². The summed E-state index contributed by atoms with van der Waals surface area (Å²) >= 11 is 0. The van der Waals surface area contributed by atoms with Gasteiger partial charge in [-0.25, -0.2) is 4.79 Å². The number of anilines is 2. The molecule has 6 nitrogen and oxygen atoms in total. The van der Waals surface area contributed by atoms with E-state index in [0.29, 0.717) is 18.5 Å². The zero-order valence-corrected chi connectivity index (χ0v) is 19.9. The topological polar surface area (TPSA) is 73.5 Å². The van der Waals surface area contributed by atoms with E-state index in [-0.39, 0.29) is 11.9 Å². The number of carbonyl (C=O) groups excluding carboxylic acids is 2. The van der Waals surface area contributed by atoms with E-state index in [1.807, 2.05) is 24.3 Å². The van der Waals surface area contributed by atoms with Gasteiger partial charge in [0.25, 0.3) is 0 Å². The Bertz CT molecular complexity index is 819. The Labute approximate surface area is 198 Å². The molecule has 4 saturated carbocycles. The zero-order chi connectivity index (χ0) is 22.7. The minimum atomic E-state index is -0.332. The number of amides is 3. The number of hydrogen-bond acceptors (Lipinski definition) is 4. The molecule has 33 heavy (non-hydrogen) atoms.